The van der Waals surface area contributed by atoms with E-state index in [9.17, 15) is 14.7 Å². The first kappa shape index (κ1) is 13.6. The Labute approximate surface area is 125 Å². The molecular formula is C14H13N3O3S. The van der Waals surface area contributed by atoms with E-state index in [1.54, 1.807) is 18.3 Å². The number of nitrogens with one attached hydrogen (secondary N) is 1. The van der Waals surface area contributed by atoms with Gasteiger partial charge < -0.3 is 10.4 Å². The van der Waals surface area contributed by atoms with Crippen LogP contribution in [0.3, 0.4) is 0 Å². The molecule has 1 aliphatic rings. The third-order valence-electron chi connectivity index (χ3n) is 3.35. The van der Waals surface area contributed by atoms with E-state index in [4.69, 9.17) is 0 Å². The molecule has 2 aromatic rings. The number of urea groups is 1. The standard InChI is InChI=1S/C14H13N3O3S/c18-13(19)11-7-9-3-1-2-4-10(9)17(11)14(20)16-8-12-15-5-6-21-12/h1-6,11H,7-8H2,(H,16,20)(H,18,19)/t11-/m0/s1. The van der Waals surface area contributed by atoms with Gasteiger partial charge in [-0.3, -0.25) is 4.90 Å². The summed E-state index contributed by atoms with van der Waals surface area (Å²) in [7, 11) is 0. The third-order valence-corrected chi connectivity index (χ3v) is 4.13. The maximum atomic E-state index is 12.3. The molecule has 0 spiro atoms. The molecule has 7 heteroatoms. The van der Waals surface area contributed by atoms with Gasteiger partial charge in [0.2, 0.25) is 0 Å². The first-order chi connectivity index (χ1) is 10.2. The molecule has 0 saturated heterocycles. The van der Waals surface area contributed by atoms with Gasteiger partial charge >= 0.3 is 12.0 Å². The number of hydrogen-bond donors (Lipinski definition) is 2. The largest absolute Gasteiger partial charge is 0.480 e. The summed E-state index contributed by atoms with van der Waals surface area (Å²) in [6, 6.07) is 5.97. The molecule has 1 aromatic carbocycles. The van der Waals surface area contributed by atoms with E-state index < -0.39 is 18.0 Å². The fraction of sp³-hybridized carbons (Fsp3) is 0.214. The smallest absolute Gasteiger partial charge is 0.327 e. The quantitative estimate of drug-likeness (QED) is 0.907. The molecule has 21 heavy (non-hydrogen) atoms. The highest BCUT2D eigenvalue weighted by Crippen LogP contribution is 2.32. The Bertz CT molecular complexity index is 672. The molecular weight excluding hydrogens is 290 g/mol. The van der Waals surface area contributed by atoms with Crippen LogP contribution < -0.4 is 10.2 Å². The molecule has 3 rings (SSSR count). The Morgan fingerprint density at radius 1 is 1.43 bits per heavy atom. The molecule has 0 unspecified atom stereocenters. The van der Waals surface area contributed by atoms with Gasteiger partial charge in [-0.05, 0) is 11.6 Å². The number of nitrogens with zero attached hydrogens (tertiary/aromatic N) is 2. The number of hydrogen-bond acceptors (Lipinski definition) is 4. The zero-order chi connectivity index (χ0) is 14.8. The normalized spacial score (nSPS) is 16.6. The van der Waals surface area contributed by atoms with Crippen LogP contribution in [0.2, 0.25) is 0 Å². The fourth-order valence-corrected chi connectivity index (χ4v) is 2.97. The van der Waals surface area contributed by atoms with Crippen molar-refractivity contribution in [1.82, 2.24) is 10.3 Å². The Hall–Kier alpha value is -2.41. The number of aromatic nitrogens is 1. The molecule has 2 N–H and O–H groups in total. The number of thiazole rings is 1. The number of rotatable bonds is 3. The van der Waals surface area contributed by atoms with Crippen molar-refractivity contribution in [2.45, 2.75) is 19.0 Å². The van der Waals surface area contributed by atoms with Crippen LogP contribution in [-0.2, 0) is 17.8 Å². The second-order valence-corrected chi connectivity index (χ2v) is 5.62. The van der Waals surface area contributed by atoms with Gasteiger partial charge in [0, 0.05) is 23.7 Å². The lowest BCUT2D eigenvalue weighted by Gasteiger charge is -2.22. The number of anilines is 1. The minimum Gasteiger partial charge on any atom is -0.480 e. The van der Waals surface area contributed by atoms with Crippen LogP contribution in [0.1, 0.15) is 10.6 Å². The number of fused-ring (bicyclic) bond motifs is 1. The molecule has 6 nitrogen and oxygen atoms in total. The lowest BCUT2D eigenvalue weighted by molar-refractivity contribution is -0.138. The monoisotopic (exact) mass is 303 g/mol. The summed E-state index contributed by atoms with van der Waals surface area (Å²) in [6.07, 6.45) is 1.99. The molecule has 0 fully saturated rings. The zero-order valence-electron chi connectivity index (χ0n) is 11.0. The molecule has 0 saturated carbocycles. The molecule has 0 radical (unpaired) electrons. The van der Waals surface area contributed by atoms with Crippen LogP contribution >= 0.6 is 11.3 Å². The lowest BCUT2D eigenvalue weighted by Crippen LogP contribution is -2.47. The number of carbonyl (C=O) groups excluding carboxylic acids is 1. The Balaban J connectivity index is 1.80. The number of carbonyl (C=O) groups is 2. The summed E-state index contributed by atoms with van der Waals surface area (Å²) >= 11 is 1.44. The molecule has 2 amide bonds. The highest BCUT2D eigenvalue weighted by atomic mass is 32.1. The summed E-state index contributed by atoms with van der Waals surface area (Å²) in [6.45, 7) is 0.293. The van der Waals surface area contributed by atoms with Crippen LogP contribution in [-0.4, -0.2) is 28.1 Å². The van der Waals surface area contributed by atoms with Crippen molar-refractivity contribution in [3.05, 3.63) is 46.4 Å². The first-order valence-corrected chi connectivity index (χ1v) is 7.31. The maximum absolute atomic E-state index is 12.3. The van der Waals surface area contributed by atoms with Crippen LogP contribution in [0.25, 0.3) is 0 Å². The van der Waals surface area contributed by atoms with E-state index in [2.05, 4.69) is 10.3 Å². The van der Waals surface area contributed by atoms with Crippen molar-refractivity contribution in [2.75, 3.05) is 4.90 Å². The minimum atomic E-state index is -1.00. The maximum Gasteiger partial charge on any atom is 0.327 e. The van der Waals surface area contributed by atoms with Gasteiger partial charge in [-0.25, -0.2) is 14.6 Å². The summed E-state index contributed by atoms with van der Waals surface area (Å²) in [5.41, 5.74) is 1.52. The number of carboxylic acids is 1. The second-order valence-electron chi connectivity index (χ2n) is 4.64. The van der Waals surface area contributed by atoms with Crippen molar-refractivity contribution in [3.8, 4) is 0 Å². The average Bonchev–Trinajstić information content (AvgIpc) is 3.11. The number of carboxylic acid groups (broad SMARTS) is 1. The van der Waals surface area contributed by atoms with Gasteiger partial charge in [-0.15, -0.1) is 11.3 Å². The van der Waals surface area contributed by atoms with Crippen LogP contribution in [0, 0.1) is 0 Å². The van der Waals surface area contributed by atoms with Crippen LogP contribution in [0.15, 0.2) is 35.8 Å². The summed E-state index contributed by atoms with van der Waals surface area (Å²) in [5, 5.41) is 14.7. The summed E-state index contributed by atoms with van der Waals surface area (Å²) in [5.74, 6) is -1.00. The fourth-order valence-electron chi connectivity index (χ4n) is 2.41. The Morgan fingerprint density at radius 2 is 2.24 bits per heavy atom. The molecule has 1 aliphatic heterocycles. The number of benzene rings is 1. The minimum absolute atomic E-state index is 0.293. The number of para-hydroxylation sites is 1. The van der Waals surface area contributed by atoms with E-state index >= 15 is 0 Å². The van der Waals surface area contributed by atoms with Gasteiger partial charge in [0.25, 0.3) is 0 Å². The van der Waals surface area contributed by atoms with E-state index in [0.29, 0.717) is 18.7 Å². The van der Waals surface area contributed by atoms with Gasteiger partial charge in [0.1, 0.15) is 11.0 Å². The second kappa shape index (κ2) is 5.53. The van der Waals surface area contributed by atoms with Gasteiger partial charge in [-0.1, -0.05) is 18.2 Å². The van der Waals surface area contributed by atoms with Gasteiger partial charge in [0.15, 0.2) is 0 Å². The topological polar surface area (TPSA) is 82.5 Å². The lowest BCUT2D eigenvalue weighted by atomic mass is 10.1. The van der Waals surface area contributed by atoms with Crippen molar-refractivity contribution in [2.24, 2.45) is 0 Å². The van der Waals surface area contributed by atoms with Gasteiger partial charge in [-0.2, -0.15) is 0 Å². The highest BCUT2D eigenvalue weighted by Gasteiger charge is 2.38. The molecule has 1 atom stereocenters. The van der Waals surface area contributed by atoms with E-state index in [0.717, 1.165) is 10.6 Å². The van der Waals surface area contributed by atoms with Gasteiger partial charge in [0.05, 0.1) is 6.54 Å². The predicted molar refractivity (Wildman–Crippen MR) is 78.4 cm³/mol. The van der Waals surface area contributed by atoms with E-state index in [-0.39, 0.29) is 0 Å². The zero-order valence-corrected chi connectivity index (χ0v) is 11.8. The summed E-state index contributed by atoms with van der Waals surface area (Å²) < 4.78 is 0. The molecule has 0 aliphatic carbocycles. The number of aliphatic carboxylic acids is 1. The Kier molecular flexibility index (Phi) is 3.57. The van der Waals surface area contributed by atoms with Crippen molar-refractivity contribution >= 4 is 29.0 Å². The third kappa shape index (κ3) is 2.59. The molecule has 0 bridgehead atoms. The summed E-state index contributed by atoms with van der Waals surface area (Å²) in [4.78, 5) is 29.1. The van der Waals surface area contributed by atoms with Crippen LogP contribution in [0.4, 0.5) is 10.5 Å². The number of amides is 2. The van der Waals surface area contributed by atoms with Crippen molar-refractivity contribution in [1.29, 1.82) is 0 Å². The highest BCUT2D eigenvalue weighted by molar-refractivity contribution is 7.09. The molecule has 2 heterocycles. The average molecular weight is 303 g/mol. The Morgan fingerprint density at radius 3 is 2.95 bits per heavy atom. The molecule has 108 valence electrons. The van der Waals surface area contributed by atoms with E-state index in [1.165, 1.54) is 16.2 Å². The first-order valence-electron chi connectivity index (χ1n) is 6.43. The molecule has 1 aromatic heterocycles. The van der Waals surface area contributed by atoms with Crippen molar-refractivity contribution in [3.63, 3.8) is 0 Å². The van der Waals surface area contributed by atoms with Crippen molar-refractivity contribution < 1.29 is 14.7 Å². The van der Waals surface area contributed by atoms with E-state index in [1.807, 2.05) is 17.5 Å². The predicted octanol–water partition coefficient (Wildman–Crippen LogP) is 1.87. The van der Waals surface area contributed by atoms with Crippen LogP contribution in [0.5, 0.6) is 0 Å². The SMILES string of the molecule is O=C(O)[C@@H]1Cc2ccccc2N1C(=O)NCc1nccs1.